The summed E-state index contributed by atoms with van der Waals surface area (Å²) in [5.41, 5.74) is 0. The van der Waals surface area contributed by atoms with Crippen molar-refractivity contribution in [1.82, 2.24) is 19.4 Å². The Balaban J connectivity index is 1.57. The zero-order valence-electron chi connectivity index (χ0n) is 18.4. The molecule has 2 aliphatic heterocycles. The molecule has 2 fully saturated rings. The van der Waals surface area contributed by atoms with Crippen LogP contribution in [0, 0.1) is 0 Å². The number of ether oxygens (including phenoxy) is 1. The first-order valence-corrected chi connectivity index (χ1v) is 13.7. The molecular formula is C21H32N4O5S2. The number of benzene rings is 1. The van der Waals surface area contributed by atoms with Crippen LogP contribution in [0.3, 0.4) is 0 Å². The molecular weight excluding hydrogens is 452 g/mol. The lowest BCUT2D eigenvalue weighted by atomic mass is 10.2. The molecule has 1 aromatic rings. The Morgan fingerprint density at radius 2 is 1.66 bits per heavy atom. The Labute approximate surface area is 194 Å². The van der Waals surface area contributed by atoms with Gasteiger partial charge in [-0.05, 0) is 30.6 Å². The number of thioether (sulfide) groups is 1. The number of hydrogen-bond acceptors (Lipinski definition) is 7. The van der Waals surface area contributed by atoms with Crippen molar-refractivity contribution in [3.05, 3.63) is 30.3 Å². The van der Waals surface area contributed by atoms with Crippen molar-refractivity contribution < 1.29 is 22.7 Å². The van der Waals surface area contributed by atoms with Gasteiger partial charge in [0.1, 0.15) is 6.04 Å². The van der Waals surface area contributed by atoms with Gasteiger partial charge in [-0.3, -0.25) is 14.5 Å². The van der Waals surface area contributed by atoms with Crippen LogP contribution >= 0.6 is 11.8 Å². The molecule has 2 amide bonds. The van der Waals surface area contributed by atoms with Crippen molar-refractivity contribution in [2.24, 2.45) is 0 Å². The van der Waals surface area contributed by atoms with E-state index in [4.69, 9.17) is 4.74 Å². The molecule has 178 valence electrons. The molecule has 9 nitrogen and oxygen atoms in total. The average molecular weight is 485 g/mol. The summed E-state index contributed by atoms with van der Waals surface area (Å²) in [6.07, 6.45) is 2.33. The summed E-state index contributed by atoms with van der Waals surface area (Å²) < 4.78 is 33.5. The largest absolute Gasteiger partial charge is 0.379 e. The van der Waals surface area contributed by atoms with Crippen molar-refractivity contribution in [2.75, 3.05) is 71.0 Å². The summed E-state index contributed by atoms with van der Waals surface area (Å²) in [6.45, 7) is 4.87. The minimum atomic E-state index is -3.80. The second-order valence-electron chi connectivity index (χ2n) is 7.86. The normalized spacial score (nSPS) is 19.0. The SMILES string of the molecule is CSCCC(NS(=O)(=O)c1ccccc1)C(=O)N1CCN(C(=O)CN2CCOCC2)CC1. The third-order valence-electron chi connectivity index (χ3n) is 5.67. The third-order valence-corrected chi connectivity index (χ3v) is 7.80. The van der Waals surface area contributed by atoms with Crippen LogP contribution < -0.4 is 4.72 Å². The number of carbonyl (C=O) groups is 2. The van der Waals surface area contributed by atoms with Crippen LogP contribution in [-0.4, -0.2) is 112 Å². The van der Waals surface area contributed by atoms with Crippen molar-refractivity contribution in [3.8, 4) is 0 Å². The molecule has 0 aromatic heterocycles. The van der Waals surface area contributed by atoms with E-state index in [2.05, 4.69) is 9.62 Å². The first kappa shape index (κ1) is 25.0. The summed E-state index contributed by atoms with van der Waals surface area (Å²) in [5, 5.41) is 0. The third kappa shape index (κ3) is 6.92. The maximum atomic E-state index is 13.2. The zero-order valence-corrected chi connectivity index (χ0v) is 20.1. The molecule has 2 saturated heterocycles. The van der Waals surface area contributed by atoms with Crippen LogP contribution in [0.5, 0.6) is 0 Å². The lowest BCUT2D eigenvalue weighted by Gasteiger charge is -2.37. The standard InChI is InChI=1S/C21H32N4O5S2/c1-31-16-7-19(22-32(28,29)18-5-3-2-4-6-18)21(27)25-10-8-24(9-11-25)20(26)17-23-12-14-30-15-13-23/h2-6,19,22H,7-17H2,1H3. The molecule has 3 rings (SSSR count). The highest BCUT2D eigenvalue weighted by molar-refractivity contribution is 7.98. The van der Waals surface area contributed by atoms with Crippen LogP contribution in [-0.2, 0) is 24.3 Å². The Morgan fingerprint density at radius 3 is 2.28 bits per heavy atom. The number of piperazine rings is 1. The predicted octanol–water partition coefficient (Wildman–Crippen LogP) is 0.0896. The molecule has 32 heavy (non-hydrogen) atoms. The van der Waals surface area contributed by atoms with Crippen LogP contribution in [0.2, 0.25) is 0 Å². The van der Waals surface area contributed by atoms with Gasteiger partial charge in [-0.15, -0.1) is 0 Å². The van der Waals surface area contributed by atoms with E-state index < -0.39 is 16.1 Å². The monoisotopic (exact) mass is 484 g/mol. The molecule has 1 aromatic carbocycles. The van der Waals surface area contributed by atoms with Gasteiger partial charge in [0.15, 0.2) is 0 Å². The Kier molecular flexibility index (Phi) is 9.35. The molecule has 0 bridgehead atoms. The van der Waals surface area contributed by atoms with Gasteiger partial charge >= 0.3 is 0 Å². The highest BCUT2D eigenvalue weighted by Crippen LogP contribution is 2.14. The van der Waals surface area contributed by atoms with E-state index in [0.29, 0.717) is 58.1 Å². The van der Waals surface area contributed by atoms with E-state index in [1.807, 2.05) is 6.26 Å². The van der Waals surface area contributed by atoms with Crippen molar-refractivity contribution in [2.45, 2.75) is 17.4 Å². The maximum absolute atomic E-state index is 13.2. The number of morpholine rings is 1. The van der Waals surface area contributed by atoms with Gasteiger partial charge < -0.3 is 14.5 Å². The number of amides is 2. The lowest BCUT2D eigenvalue weighted by Crippen LogP contribution is -2.57. The van der Waals surface area contributed by atoms with E-state index in [1.54, 1.807) is 39.8 Å². The number of sulfonamides is 1. The maximum Gasteiger partial charge on any atom is 0.241 e. The molecule has 2 aliphatic rings. The van der Waals surface area contributed by atoms with Crippen molar-refractivity contribution >= 4 is 33.6 Å². The number of nitrogens with one attached hydrogen (secondary N) is 1. The highest BCUT2D eigenvalue weighted by atomic mass is 32.2. The second-order valence-corrected chi connectivity index (χ2v) is 10.6. The van der Waals surface area contributed by atoms with Gasteiger partial charge in [0.05, 0.1) is 24.7 Å². The van der Waals surface area contributed by atoms with E-state index in [9.17, 15) is 18.0 Å². The molecule has 2 heterocycles. The zero-order chi connectivity index (χ0) is 23.0. The minimum absolute atomic E-state index is 0.0581. The summed E-state index contributed by atoms with van der Waals surface area (Å²) in [4.78, 5) is 31.4. The van der Waals surface area contributed by atoms with Crippen molar-refractivity contribution in [3.63, 3.8) is 0 Å². The van der Waals surface area contributed by atoms with Crippen LogP contribution in [0.4, 0.5) is 0 Å². The van der Waals surface area contributed by atoms with E-state index in [0.717, 1.165) is 13.1 Å². The van der Waals surface area contributed by atoms with E-state index >= 15 is 0 Å². The van der Waals surface area contributed by atoms with E-state index in [-0.39, 0.29) is 16.7 Å². The number of rotatable bonds is 9. The van der Waals surface area contributed by atoms with Gasteiger partial charge in [-0.25, -0.2) is 8.42 Å². The molecule has 0 aliphatic carbocycles. The molecule has 0 saturated carbocycles. The summed E-state index contributed by atoms with van der Waals surface area (Å²) in [6, 6.07) is 7.24. The molecule has 0 spiro atoms. The predicted molar refractivity (Wildman–Crippen MR) is 124 cm³/mol. The van der Waals surface area contributed by atoms with Gasteiger partial charge in [-0.1, -0.05) is 18.2 Å². The van der Waals surface area contributed by atoms with Gasteiger partial charge in [-0.2, -0.15) is 16.5 Å². The number of hydrogen-bond donors (Lipinski definition) is 1. The van der Waals surface area contributed by atoms with Gasteiger partial charge in [0.2, 0.25) is 21.8 Å². The summed E-state index contributed by atoms with van der Waals surface area (Å²) in [5.74, 6) is 0.479. The Morgan fingerprint density at radius 1 is 1.03 bits per heavy atom. The average Bonchev–Trinajstić information content (AvgIpc) is 2.82. The smallest absolute Gasteiger partial charge is 0.241 e. The van der Waals surface area contributed by atoms with Crippen LogP contribution in [0.25, 0.3) is 0 Å². The summed E-state index contributed by atoms with van der Waals surface area (Å²) in [7, 11) is -3.80. The number of carbonyl (C=O) groups excluding carboxylic acids is 2. The van der Waals surface area contributed by atoms with Crippen LogP contribution in [0.1, 0.15) is 6.42 Å². The Hall–Kier alpha value is -1.66. The molecule has 1 atom stereocenters. The minimum Gasteiger partial charge on any atom is -0.379 e. The molecule has 1 unspecified atom stereocenters. The fourth-order valence-electron chi connectivity index (χ4n) is 3.77. The highest BCUT2D eigenvalue weighted by Gasteiger charge is 2.32. The number of nitrogens with zero attached hydrogens (tertiary/aromatic N) is 3. The molecule has 1 N–H and O–H groups in total. The topological polar surface area (TPSA) is 99.3 Å². The lowest BCUT2D eigenvalue weighted by molar-refractivity contribution is -0.141. The van der Waals surface area contributed by atoms with Gasteiger partial charge in [0.25, 0.3) is 0 Å². The first-order valence-electron chi connectivity index (χ1n) is 10.8. The quantitative estimate of drug-likeness (QED) is 0.530. The second kappa shape index (κ2) is 12.0. The first-order chi connectivity index (χ1) is 15.4. The summed E-state index contributed by atoms with van der Waals surface area (Å²) >= 11 is 1.56. The van der Waals surface area contributed by atoms with Crippen LogP contribution in [0.15, 0.2) is 35.2 Å². The van der Waals surface area contributed by atoms with E-state index in [1.165, 1.54) is 12.1 Å². The van der Waals surface area contributed by atoms with Gasteiger partial charge in [0, 0.05) is 39.3 Å². The fourth-order valence-corrected chi connectivity index (χ4v) is 5.49. The van der Waals surface area contributed by atoms with Crippen molar-refractivity contribution in [1.29, 1.82) is 0 Å². The Bertz CT molecular complexity index is 854. The molecule has 11 heteroatoms. The molecule has 0 radical (unpaired) electrons. The fraction of sp³-hybridized carbons (Fsp3) is 0.619.